The lowest BCUT2D eigenvalue weighted by Crippen LogP contribution is -2.33. The van der Waals surface area contributed by atoms with Gasteiger partial charge in [-0.2, -0.15) is 0 Å². The number of carbonyl (C=O) groups excluding carboxylic acids is 2. The van der Waals surface area contributed by atoms with E-state index in [2.05, 4.69) is 10.3 Å². The van der Waals surface area contributed by atoms with Crippen molar-refractivity contribution in [2.45, 2.75) is 25.6 Å². The summed E-state index contributed by atoms with van der Waals surface area (Å²) in [5.41, 5.74) is 2.62. The van der Waals surface area contributed by atoms with Crippen LogP contribution in [-0.4, -0.2) is 21.7 Å². The molecule has 2 aromatic carbocycles. The van der Waals surface area contributed by atoms with Gasteiger partial charge >= 0.3 is 0 Å². The number of amides is 2. The zero-order valence-corrected chi connectivity index (χ0v) is 15.5. The van der Waals surface area contributed by atoms with E-state index in [1.807, 2.05) is 53.9 Å². The second-order valence-corrected chi connectivity index (χ2v) is 7.46. The molecule has 0 aliphatic carbocycles. The molecule has 0 bridgehead atoms. The molecule has 1 unspecified atom stereocenters. The topological polar surface area (TPSA) is 62.3 Å². The highest BCUT2D eigenvalue weighted by Crippen LogP contribution is 2.28. The number of fused-ring (bicyclic) bond motifs is 1. The molecule has 0 saturated heterocycles. The van der Waals surface area contributed by atoms with E-state index in [9.17, 15) is 9.59 Å². The first-order valence-electron chi connectivity index (χ1n) is 8.80. The monoisotopic (exact) mass is 377 g/mol. The first-order chi connectivity index (χ1) is 13.2. The highest BCUT2D eigenvalue weighted by Gasteiger charge is 2.31. The van der Waals surface area contributed by atoms with E-state index in [1.54, 1.807) is 17.2 Å². The third-order valence-electron chi connectivity index (χ3n) is 4.64. The summed E-state index contributed by atoms with van der Waals surface area (Å²) in [5, 5.41) is 5.74. The molecule has 0 saturated carbocycles. The molecule has 27 heavy (non-hydrogen) atoms. The number of benzene rings is 2. The first-order valence-corrected chi connectivity index (χ1v) is 9.68. The number of nitrogens with zero attached hydrogens (tertiary/aromatic N) is 2. The van der Waals surface area contributed by atoms with Crippen LogP contribution in [0.5, 0.6) is 0 Å². The first kappa shape index (κ1) is 17.4. The Labute approximate surface area is 161 Å². The van der Waals surface area contributed by atoms with Gasteiger partial charge in [0.05, 0.1) is 19.0 Å². The molecule has 6 heteroatoms. The second-order valence-electron chi connectivity index (χ2n) is 6.48. The largest absolute Gasteiger partial charge is 0.345 e. The van der Waals surface area contributed by atoms with Gasteiger partial charge < -0.3 is 10.2 Å². The Balaban J connectivity index is 1.53. The van der Waals surface area contributed by atoms with Crippen molar-refractivity contribution in [3.05, 3.63) is 87.9 Å². The predicted octanol–water partition coefficient (Wildman–Crippen LogP) is 3.55. The van der Waals surface area contributed by atoms with Crippen LogP contribution >= 0.6 is 11.3 Å². The van der Waals surface area contributed by atoms with Gasteiger partial charge in [0.25, 0.3) is 5.91 Å². The molecule has 5 nitrogen and oxygen atoms in total. The van der Waals surface area contributed by atoms with Gasteiger partial charge in [0.15, 0.2) is 0 Å². The van der Waals surface area contributed by atoms with Crippen LogP contribution in [0.4, 0.5) is 0 Å². The van der Waals surface area contributed by atoms with Gasteiger partial charge in [0.1, 0.15) is 5.01 Å². The minimum Gasteiger partial charge on any atom is -0.345 e. The lowest BCUT2D eigenvalue weighted by molar-refractivity contribution is -0.133. The third kappa shape index (κ3) is 3.90. The van der Waals surface area contributed by atoms with Crippen LogP contribution in [0.25, 0.3) is 0 Å². The van der Waals surface area contributed by atoms with Crippen molar-refractivity contribution in [3.63, 3.8) is 0 Å². The molecule has 4 rings (SSSR count). The smallest absolute Gasteiger partial charge is 0.252 e. The van der Waals surface area contributed by atoms with E-state index >= 15 is 0 Å². The van der Waals surface area contributed by atoms with Crippen LogP contribution in [0.15, 0.2) is 66.2 Å². The number of thiazole rings is 1. The molecule has 2 amide bonds. The normalized spacial score (nSPS) is 15.3. The number of carbonyl (C=O) groups is 2. The van der Waals surface area contributed by atoms with Crippen LogP contribution in [0.1, 0.15) is 39.0 Å². The Morgan fingerprint density at radius 1 is 1.07 bits per heavy atom. The molecule has 0 spiro atoms. The van der Waals surface area contributed by atoms with Crippen molar-refractivity contribution in [1.29, 1.82) is 0 Å². The maximum atomic E-state index is 13.1. The molecule has 1 aliphatic rings. The van der Waals surface area contributed by atoms with Gasteiger partial charge in [-0.15, -0.1) is 11.3 Å². The molecular weight excluding hydrogens is 358 g/mol. The highest BCUT2D eigenvalue weighted by atomic mass is 32.1. The fraction of sp³-hybridized carbons (Fsp3) is 0.190. The average Bonchev–Trinajstić information content (AvgIpc) is 3.31. The third-order valence-corrected chi connectivity index (χ3v) is 5.41. The molecule has 3 aromatic rings. The van der Waals surface area contributed by atoms with E-state index in [0.29, 0.717) is 18.7 Å². The number of hydrogen-bond donors (Lipinski definition) is 1. The fourth-order valence-corrected chi connectivity index (χ4v) is 3.95. The molecule has 2 heterocycles. The van der Waals surface area contributed by atoms with Crippen molar-refractivity contribution in [2.75, 3.05) is 0 Å². The highest BCUT2D eigenvalue weighted by molar-refractivity contribution is 7.09. The maximum Gasteiger partial charge on any atom is 0.252 e. The van der Waals surface area contributed by atoms with Gasteiger partial charge in [-0.25, -0.2) is 4.98 Å². The van der Waals surface area contributed by atoms with E-state index in [0.717, 1.165) is 16.1 Å². The van der Waals surface area contributed by atoms with Crippen LogP contribution < -0.4 is 5.32 Å². The van der Waals surface area contributed by atoms with Gasteiger partial charge in [0.2, 0.25) is 5.91 Å². The summed E-state index contributed by atoms with van der Waals surface area (Å²) >= 11 is 1.54. The van der Waals surface area contributed by atoms with Gasteiger partial charge in [-0.05, 0) is 17.2 Å². The van der Waals surface area contributed by atoms with Crippen molar-refractivity contribution in [3.8, 4) is 0 Å². The average molecular weight is 377 g/mol. The lowest BCUT2D eigenvalue weighted by Gasteiger charge is -2.24. The zero-order chi connectivity index (χ0) is 18.6. The molecule has 1 aromatic heterocycles. The molecule has 1 aliphatic heterocycles. The van der Waals surface area contributed by atoms with Gasteiger partial charge in [-0.1, -0.05) is 48.5 Å². The van der Waals surface area contributed by atoms with Gasteiger partial charge in [0, 0.05) is 23.7 Å². The second kappa shape index (κ2) is 7.72. The zero-order valence-electron chi connectivity index (χ0n) is 14.7. The summed E-state index contributed by atoms with van der Waals surface area (Å²) in [5.74, 6) is -0.117. The van der Waals surface area contributed by atoms with Crippen LogP contribution in [0.2, 0.25) is 0 Å². The molecule has 136 valence electrons. The fourth-order valence-electron chi connectivity index (χ4n) is 3.32. The van der Waals surface area contributed by atoms with Crippen molar-refractivity contribution >= 4 is 23.2 Å². The minimum absolute atomic E-state index is 0.00365. The van der Waals surface area contributed by atoms with E-state index in [-0.39, 0.29) is 24.3 Å². The number of aromatic nitrogens is 1. The summed E-state index contributed by atoms with van der Waals surface area (Å²) in [6.45, 7) is 0.981. The Hall–Kier alpha value is -2.99. The molecular formula is C21H19N3O2S. The molecule has 1 atom stereocenters. The summed E-state index contributed by atoms with van der Waals surface area (Å²) in [6.07, 6.45) is 1.99. The van der Waals surface area contributed by atoms with E-state index < -0.39 is 0 Å². The van der Waals surface area contributed by atoms with Crippen molar-refractivity contribution in [1.82, 2.24) is 15.2 Å². The molecule has 1 N–H and O–H groups in total. The molecule has 0 radical (unpaired) electrons. The summed E-state index contributed by atoms with van der Waals surface area (Å²) < 4.78 is 0. The number of nitrogens with one attached hydrogen (secondary N) is 1. The van der Waals surface area contributed by atoms with E-state index in [1.165, 1.54) is 11.3 Å². The number of hydrogen-bond acceptors (Lipinski definition) is 4. The van der Waals surface area contributed by atoms with Crippen molar-refractivity contribution in [2.24, 2.45) is 0 Å². The lowest BCUT2D eigenvalue weighted by atomic mass is 10.0. The van der Waals surface area contributed by atoms with Gasteiger partial charge in [-0.3, -0.25) is 9.59 Å². The summed E-state index contributed by atoms with van der Waals surface area (Å²) in [4.78, 5) is 31.3. The van der Waals surface area contributed by atoms with Crippen LogP contribution in [0.3, 0.4) is 0 Å². The Bertz CT molecular complexity index is 941. The SMILES string of the molecule is O=C1NC(CC(=O)N(Cc2ccccc2)Cc2nccs2)c2ccccc21. The standard InChI is InChI=1S/C21H19N3O2S/c25-20(12-18-16-8-4-5-9-17(16)21(26)23-18)24(14-19-22-10-11-27-19)13-15-6-2-1-3-7-15/h1-11,18H,12-14H2,(H,23,26). The number of rotatable bonds is 6. The Morgan fingerprint density at radius 2 is 1.85 bits per heavy atom. The molecule has 0 fully saturated rings. The van der Waals surface area contributed by atoms with Crippen LogP contribution in [0, 0.1) is 0 Å². The maximum absolute atomic E-state index is 13.1. The minimum atomic E-state index is -0.282. The summed E-state index contributed by atoms with van der Waals surface area (Å²) in [6, 6.07) is 17.1. The Morgan fingerprint density at radius 3 is 2.63 bits per heavy atom. The summed E-state index contributed by atoms with van der Waals surface area (Å²) in [7, 11) is 0. The quantitative estimate of drug-likeness (QED) is 0.715. The predicted molar refractivity (Wildman–Crippen MR) is 104 cm³/mol. The Kier molecular flexibility index (Phi) is 4.98. The van der Waals surface area contributed by atoms with Crippen molar-refractivity contribution < 1.29 is 9.59 Å². The van der Waals surface area contributed by atoms with E-state index in [4.69, 9.17) is 0 Å². The van der Waals surface area contributed by atoms with Crippen LogP contribution in [-0.2, 0) is 17.9 Å².